The summed E-state index contributed by atoms with van der Waals surface area (Å²) in [7, 11) is 0. The number of rotatable bonds is 2. The highest BCUT2D eigenvalue weighted by atomic mass is 16.4. The molecule has 0 saturated heterocycles. The van der Waals surface area contributed by atoms with Crippen molar-refractivity contribution in [1.82, 2.24) is 0 Å². The van der Waals surface area contributed by atoms with Crippen LogP contribution in [0.2, 0.25) is 0 Å². The van der Waals surface area contributed by atoms with Gasteiger partial charge in [-0.15, -0.1) is 0 Å². The molecule has 0 radical (unpaired) electrons. The molecule has 0 heterocycles. The number of aromatic carboxylic acids is 1. The molecular weight excluding hydrogens is 218 g/mol. The third-order valence-corrected chi connectivity index (χ3v) is 2.50. The lowest BCUT2D eigenvalue weighted by atomic mass is 10.0. The average molecular weight is 229 g/mol. The van der Waals surface area contributed by atoms with Crippen molar-refractivity contribution in [2.45, 2.75) is 0 Å². The van der Waals surface area contributed by atoms with Crippen molar-refractivity contribution in [3.63, 3.8) is 0 Å². The number of carbonyl (C=O) groups is 1. The summed E-state index contributed by atoms with van der Waals surface area (Å²) in [5.74, 6) is -0.929. The molecule has 0 atom stereocenters. The van der Waals surface area contributed by atoms with Crippen molar-refractivity contribution >= 4 is 11.7 Å². The number of nitrogen functional groups attached to an aromatic ring is 1. The molecule has 0 spiro atoms. The topological polar surface area (TPSA) is 83.5 Å². The van der Waals surface area contributed by atoms with Gasteiger partial charge in [-0.3, -0.25) is 0 Å². The van der Waals surface area contributed by atoms with Crippen molar-refractivity contribution in [3.05, 3.63) is 48.0 Å². The smallest absolute Gasteiger partial charge is 0.337 e. The van der Waals surface area contributed by atoms with Gasteiger partial charge in [0.25, 0.3) is 0 Å². The van der Waals surface area contributed by atoms with Gasteiger partial charge in [-0.25, -0.2) is 4.79 Å². The molecule has 0 aliphatic heterocycles. The van der Waals surface area contributed by atoms with E-state index in [4.69, 9.17) is 10.8 Å². The second-order valence-electron chi connectivity index (χ2n) is 3.62. The maximum absolute atomic E-state index is 10.8. The van der Waals surface area contributed by atoms with Crippen molar-refractivity contribution < 1.29 is 15.0 Å². The van der Waals surface area contributed by atoms with Crippen LogP contribution in [0, 0.1) is 0 Å². The molecule has 17 heavy (non-hydrogen) atoms. The van der Waals surface area contributed by atoms with Crippen LogP contribution < -0.4 is 5.73 Å². The van der Waals surface area contributed by atoms with Gasteiger partial charge in [0.05, 0.1) is 5.56 Å². The van der Waals surface area contributed by atoms with Crippen molar-refractivity contribution in [2.75, 3.05) is 5.73 Å². The van der Waals surface area contributed by atoms with E-state index in [0.29, 0.717) is 11.1 Å². The molecule has 0 aliphatic rings. The number of hydrogen-bond donors (Lipinski definition) is 3. The fourth-order valence-electron chi connectivity index (χ4n) is 1.64. The molecule has 0 amide bonds. The third kappa shape index (κ3) is 2.06. The van der Waals surface area contributed by atoms with Crippen LogP contribution in [0.5, 0.6) is 5.75 Å². The fraction of sp³-hybridized carbons (Fsp3) is 0. The molecule has 0 fully saturated rings. The number of carboxylic acid groups (broad SMARTS) is 1. The number of nitrogens with two attached hydrogens (primary N) is 1. The number of phenolic OH excluding ortho intramolecular Hbond substituents is 1. The van der Waals surface area contributed by atoms with Gasteiger partial charge >= 0.3 is 5.97 Å². The minimum atomic E-state index is -1.06. The largest absolute Gasteiger partial charge is 0.507 e. The van der Waals surface area contributed by atoms with E-state index in [1.165, 1.54) is 6.07 Å². The summed E-state index contributed by atoms with van der Waals surface area (Å²) in [5.41, 5.74) is 7.19. The number of benzene rings is 2. The first kappa shape index (κ1) is 11.0. The Morgan fingerprint density at radius 3 is 2.41 bits per heavy atom. The Kier molecular flexibility index (Phi) is 2.70. The summed E-state index contributed by atoms with van der Waals surface area (Å²) in [6, 6.07) is 11.4. The van der Waals surface area contributed by atoms with Crippen LogP contribution >= 0.6 is 0 Å². The highest BCUT2D eigenvalue weighted by Crippen LogP contribution is 2.30. The zero-order valence-corrected chi connectivity index (χ0v) is 8.92. The first-order valence-electron chi connectivity index (χ1n) is 5.01. The molecule has 2 aromatic carbocycles. The van der Waals surface area contributed by atoms with E-state index in [1.54, 1.807) is 36.4 Å². The van der Waals surface area contributed by atoms with Crippen molar-refractivity contribution in [3.8, 4) is 16.9 Å². The van der Waals surface area contributed by atoms with Crippen molar-refractivity contribution in [2.24, 2.45) is 0 Å². The zero-order valence-electron chi connectivity index (χ0n) is 8.92. The maximum atomic E-state index is 10.8. The number of anilines is 1. The summed E-state index contributed by atoms with van der Waals surface area (Å²) >= 11 is 0. The maximum Gasteiger partial charge on any atom is 0.337 e. The lowest BCUT2D eigenvalue weighted by Gasteiger charge is -2.07. The van der Waals surface area contributed by atoms with Gasteiger partial charge in [-0.05, 0) is 23.8 Å². The van der Waals surface area contributed by atoms with E-state index in [9.17, 15) is 9.90 Å². The van der Waals surface area contributed by atoms with Gasteiger partial charge in [0.15, 0.2) is 0 Å². The monoisotopic (exact) mass is 229 g/mol. The summed E-state index contributed by atoms with van der Waals surface area (Å²) in [6.45, 7) is 0. The Morgan fingerprint density at radius 2 is 1.82 bits per heavy atom. The molecular formula is C13H11NO3. The van der Waals surface area contributed by atoms with Crippen LogP contribution in [0.4, 0.5) is 5.69 Å². The molecule has 2 aromatic rings. The zero-order chi connectivity index (χ0) is 12.4. The highest BCUT2D eigenvalue weighted by Gasteiger charge is 2.10. The van der Waals surface area contributed by atoms with Crippen LogP contribution in [0.3, 0.4) is 0 Å². The Bertz CT molecular complexity index is 579. The van der Waals surface area contributed by atoms with Gasteiger partial charge in [0, 0.05) is 11.3 Å². The first-order chi connectivity index (χ1) is 8.09. The minimum Gasteiger partial charge on any atom is -0.507 e. The molecule has 86 valence electrons. The molecule has 0 aliphatic carbocycles. The van der Waals surface area contributed by atoms with Crippen LogP contribution in [-0.2, 0) is 0 Å². The van der Waals surface area contributed by atoms with E-state index in [1.807, 2.05) is 0 Å². The standard InChI is InChI=1S/C13H11NO3/c14-11-7-8(5-6-10(11)13(16)17)9-3-1-2-4-12(9)15/h1-7,15H,14H2,(H,16,17). The Labute approximate surface area is 97.9 Å². The van der Waals surface area contributed by atoms with E-state index >= 15 is 0 Å². The summed E-state index contributed by atoms with van der Waals surface area (Å²) in [4.78, 5) is 10.8. The van der Waals surface area contributed by atoms with Crippen LogP contribution in [0.1, 0.15) is 10.4 Å². The highest BCUT2D eigenvalue weighted by molar-refractivity contribution is 5.95. The molecule has 4 nitrogen and oxygen atoms in total. The summed E-state index contributed by atoms with van der Waals surface area (Å²) < 4.78 is 0. The Balaban J connectivity index is 2.52. The second-order valence-corrected chi connectivity index (χ2v) is 3.62. The molecule has 0 bridgehead atoms. The average Bonchev–Trinajstić information content (AvgIpc) is 2.29. The van der Waals surface area contributed by atoms with Gasteiger partial charge < -0.3 is 15.9 Å². The molecule has 2 rings (SSSR count). The number of para-hydroxylation sites is 1. The second kappa shape index (κ2) is 4.17. The van der Waals surface area contributed by atoms with Gasteiger partial charge in [-0.2, -0.15) is 0 Å². The lowest BCUT2D eigenvalue weighted by Crippen LogP contribution is -2.02. The SMILES string of the molecule is Nc1cc(-c2ccccc2O)ccc1C(=O)O. The predicted octanol–water partition coefficient (Wildman–Crippen LogP) is 2.34. The third-order valence-electron chi connectivity index (χ3n) is 2.50. The Hall–Kier alpha value is -2.49. The lowest BCUT2D eigenvalue weighted by molar-refractivity contribution is 0.0698. The summed E-state index contributed by atoms with van der Waals surface area (Å²) in [5, 5.41) is 18.5. The quantitative estimate of drug-likeness (QED) is 0.690. The van der Waals surface area contributed by atoms with Crippen LogP contribution in [0.15, 0.2) is 42.5 Å². The number of hydrogen-bond acceptors (Lipinski definition) is 3. The number of aromatic hydroxyl groups is 1. The van der Waals surface area contributed by atoms with E-state index in [0.717, 1.165) is 0 Å². The van der Waals surface area contributed by atoms with Gasteiger partial charge in [0.2, 0.25) is 0 Å². The van der Waals surface area contributed by atoms with Crippen LogP contribution in [0.25, 0.3) is 11.1 Å². The van der Waals surface area contributed by atoms with E-state index in [-0.39, 0.29) is 17.0 Å². The van der Waals surface area contributed by atoms with Gasteiger partial charge in [-0.1, -0.05) is 24.3 Å². The fourth-order valence-corrected chi connectivity index (χ4v) is 1.64. The van der Waals surface area contributed by atoms with E-state index < -0.39 is 5.97 Å². The van der Waals surface area contributed by atoms with Gasteiger partial charge in [0.1, 0.15) is 5.75 Å². The molecule has 0 aromatic heterocycles. The molecule has 4 heteroatoms. The van der Waals surface area contributed by atoms with Crippen molar-refractivity contribution in [1.29, 1.82) is 0 Å². The predicted molar refractivity (Wildman–Crippen MR) is 64.9 cm³/mol. The first-order valence-corrected chi connectivity index (χ1v) is 5.01. The summed E-state index contributed by atoms with van der Waals surface area (Å²) in [6.07, 6.45) is 0. The minimum absolute atomic E-state index is 0.0594. The number of carboxylic acids is 1. The molecule has 0 saturated carbocycles. The van der Waals surface area contributed by atoms with Crippen LogP contribution in [-0.4, -0.2) is 16.2 Å². The molecule has 0 unspecified atom stereocenters. The Morgan fingerprint density at radius 1 is 1.12 bits per heavy atom. The van der Waals surface area contributed by atoms with E-state index in [2.05, 4.69) is 0 Å². The number of phenols is 1. The normalized spacial score (nSPS) is 10.1. The molecule has 4 N–H and O–H groups in total.